The summed E-state index contributed by atoms with van der Waals surface area (Å²) < 4.78 is 14.5. The third-order valence-electron chi connectivity index (χ3n) is 1.62. The number of carbonyl (C=O) groups excluding carboxylic acids is 3. The zero-order valence-corrected chi connectivity index (χ0v) is 13.9. The van der Waals surface area contributed by atoms with Crippen molar-refractivity contribution in [1.82, 2.24) is 0 Å². The quantitative estimate of drug-likeness (QED) is 0.719. The highest BCUT2D eigenvalue weighted by molar-refractivity contribution is 7.96. The molecule has 9 heteroatoms. The lowest BCUT2D eigenvalue weighted by molar-refractivity contribution is -0.131. The molecule has 0 heterocycles. The highest BCUT2D eigenvalue weighted by atomic mass is 32.2. The molecule has 1 aromatic rings. The monoisotopic (exact) mass is 348 g/mol. The summed E-state index contributed by atoms with van der Waals surface area (Å²) >= 11 is 2.60. The van der Waals surface area contributed by atoms with E-state index in [-0.39, 0.29) is 0 Å². The van der Waals surface area contributed by atoms with E-state index in [0.29, 0.717) is 14.7 Å². The van der Waals surface area contributed by atoms with Crippen LogP contribution in [0.4, 0.5) is 0 Å². The molecule has 0 radical (unpaired) electrons. The summed E-state index contributed by atoms with van der Waals surface area (Å²) in [6.45, 7) is 3.87. The molecule has 0 spiro atoms. The van der Waals surface area contributed by atoms with Gasteiger partial charge in [0.1, 0.15) is 0 Å². The molecular weight excluding hydrogens is 336 g/mol. The Morgan fingerprint density at radius 1 is 0.667 bits per heavy atom. The van der Waals surface area contributed by atoms with Crippen molar-refractivity contribution in [3.8, 4) is 0 Å². The molecule has 0 aromatic heterocycles. The topological polar surface area (TPSA) is 78.9 Å². The molecule has 0 bridgehead atoms. The number of rotatable bonds is 6. The van der Waals surface area contributed by atoms with E-state index in [1.807, 2.05) is 0 Å². The summed E-state index contributed by atoms with van der Waals surface area (Å²) in [5.74, 6) is -1.31. The third-order valence-corrected chi connectivity index (χ3v) is 3.86. The van der Waals surface area contributed by atoms with Crippen LogP contribution in [0.3, 0.4) is 0 Å². The molecule has 0 N–H and O–H groups in total. The first-order valence-electron chi connectivity index (χ1n) is 5.57. The van der Waals surface area contributed by atoms with Crippen molar-refractivity contribution in [3.63, 3.8) is 0 Å². The van der Waals surface area contributed by atoms with Crippen molar-refractivity contribution < 1.29 is 26.9 Å². The molecule has 0 atom stereocenters. The summed E-state index contributed by atoms with van der Waals surface area (Å²) in [5, 5.41) is 0. The second kappa shape index (κ2) is 8.85. The first-order valence-corrected chi connectivity index (χ1v) is 7.79. The fourth-order valence-electron chi connectivity index (χ4n) is 1.01. The molecule has 0 saturated heterocycles. The first-order chi connectivity index (χ1) is 9.86. The number of carbonyl (C=O) groups is 3. The lowest BCUT2D eigenvalue weighted by Gasteiger charge is -2.07. The summed E-state index contributed by atoms with van der Waals surface area (Å²) in [5.41, 5.74) is 0. The van der Waals surface area contributed by atoms with Crippen molar-refractivity contribution in [2.75, 3.05) is 0 Å². The van der Waals surface area contributed by atoms with Gasteiger partial charge in [0, 0.05) is 20.8 Å². The van der Waals surface area contributed by atoms with Crippen molar-refractivity contribution in [2.45, 2.75) is 35.5 Å². The Morgan fingerprint density at radius 3 is 1.10 bits per heavy atom. The van der Waals surface area contributed by atoms with Crippen molar-refractivity contribution in [3.05, 3.63) is 18.2 Å². The van der Waals surface area contributed by atoms with Gasteiger partial charge in [-0.15, -0.1) is 0 Å². The molecule has 0 aliphatic heterocycles. The van der Waals surface area contributed by atoms with Crippen LogP contribution in [0.2, 0.25) is 0 Å². The molecule has 0 aliphatic carbocycles. The Bertz CT molecular complexity index is 457. The molecule has 0 amide bonds. The SMILES string of the molecule is CC(=O)OSc1cc(SOC(C)=O)cc(SOC(C)=O)c1. The maximum absolute atomic E-state index is 10.8. The maximum Gasteiger partial charge on any atom is 0.315 e. The lowest BCUT2D eigenvalue weighted by Crippen LogP contribution is -1.93. The molecule has 6 nitrogen and oxygen atoms in total. The molecule has 0 unspecified atom stereocenters. The van der Waals surface area contributed by atoms with Gasteiger partial charge in [-0.3, -0.25) is 14.4 Å². The Kier molecular flexibility index (Phi) is 7.48. The first kappa shape index (κ1) is 17.7. The Labute approximate surface area is 134 Å². The van der Waals surface area contributed by atoms with Gasteiger partial charge >= 0.3 is 17.9 Å². The van der Waals surface area contributed by atoms with E-state index >= 15 is 0 Å². The normalized spacial score (nSPS) is 9.86. The highest BCUT2D eigenvalue weighted by Gasteiger charge is 2.09. The van der Waals surface area contributed by atoms with Gasteiger partial charge < -0.3 is 12.5 Å². The highest BCUT2D eigenvalue weighted by Crippen LogP contribution is 2.32. The molecule has 0 aliphatic rings. The largest absolute Gasteiger partial charge is 0.386 e. The van der Waals surface area contributed by atoms with Crippen LogP contribution in [-0.4, -0.2) is 17.9 Å². The smallest absolute Gasteiger partial charge is 0.315 e. The number of benzene rings is 1. The van der Waals surface area contributed by atoms with Crippen LogP contribution < -0.4 is 0 Å². The van der Waals surface area contributed by atoms with E-state index in [4.69, 9.17) is 12.5 Å². The Balaban J connectivity index is 2.86. The van der Waals surface area contributed by atoms with Crippen molar-refractivity contribution in [1.29, 1.82) is 0 Å². The Morgan fingerprint density at radius 2 is 0.905 bits per heavy atom. The van der Waals surface area contributed by atoms with E-state index in [1.54, 1.807) is 18.2 Å². The van der Waals surface area contributed by atoms with Crippen molar-refractivity contribution >= 4 is 54.0 Å². The predicted molar refractivity (Wildman–Crippen MR) is 79.3 cm³/mol. The molecule has 0 fully saturated rings. The van der Waals surface area contributed by atoms with E-state index in [2.05, 4.69) is 0 Å². The van der Waals surface area contributed by atoms with Crippen LogP contribution in [0.15, 0.2) is 32.9 Å². The minimum atomic E-state index is -0.438. The fourth-order valence-corrected chi connectivity index (χ4v) is 2.93. The van der Waals surface area contributed by atoms with Gasteiger partial charge in [0.05, 0.1) is 50.8 Å². The standard InChI is InChI=1S/C12H12O6S3/c1-7(13)16-19-10-4-11(20-17-8(2)14)6-12(5-10)21-18-9(3)15/h4-6H,1-3H3. The molecule has 1 rings (SSSR count). The van der Waals surface area contributed by atoms with Gasteiger partial charge in [-0.25, -0.2) is 0 Å². The van der Waals surface area contributed by atoms with Gasteiger partial charge in [0.25, 0.3) is 0 Å². The predicted octanol–water partition coefficient (Wildman–Crippen LogP) is 3.40. The van der Waals surface area contributed by atoms with Crippen LogP contribution in [0.25, 0.3) is 0 Å². The second-order valence-corrected chi connectivity index (χ2v) is 6.03. The maximum atomic E-state index is 10.8. The van der Waals surface area contributed by atoms with Crippen molar-refractivity contribution in [2.24, 2.45) is 0 Å². The van der Waals surface area contributed by atoms with Crippen LogP contribution >= 0.6 is 36.1 Å². The molecule has 0 saturated carbocycles. The van der Waals surface area contributed by atoms with E-state index < -0.39 is 17.9 Å². The third kappa shape index (κ3) is 7.88. The van der Waals surface area contributed by atoms with Gasteiger partial charge in [-0.1, -0.05) is 0 Å². The van der Waals surface area contributed by atoms with Gasteiger partial charge in [0.15, 0.2) is 0 Å². The second-order valence-electron chi connectivity index (χ2n) is 3.61. The van der Waals surface area contributed by atoms with E-state index in [0.717, 1.165) is 36.1 Å². The van der Waals surface area contributed by atoms with Gasteiger partial charge in [-0.2, -0.15) is 0 Å². The summed E-state index contributed by atoms with van der Waals surface area (Å²) in [7, 11) is 0. The number of hydrogen-bond acceptors (Lipinski definition) is 9. The summed E-state index contributed by atoms with van der Waals surface area (Å²) in [6, 6.07) is 5.04. The average molecular weight is 348 g/mol. The van der Waals surface area contributed by atoms with Gasteiger partial charge in [0.2, 0.25) is 0 Å². The molecule has 114 valence electrons. The van der Waals surface area contributed by atoms with Gasteiger partial charge in [-0.05, 0) is 18.2 Å². The van der Waals surface area contributed by atoms with Crippen LogP contribution in [0, 0.1) is 0 Å². The van der Waals surface area contributed by atoms with E-state index in [9.17, 15) is 14.4 Å². The molecule has 21 heavy (non-hydrogen) atoms. The minimum absolute atomic E-state index is 0.438. The fraction of sp³-hybridized carbons (Fsp3) is 0.250. The Hall–Kier alpha value is -1.32. The lowest BCUT2D eigenvalue weighted by atomic mass is 10.4. The summed E-state index contributed by atoms with van der Waals surface area (Å²) in [6.07, 6.45) is 0. The zero-order valence-electron chi connectivity index (χ0n) is 11.4. The van der Waals surface area contributed by atoms with Crippen LogP contribution in [-0.2, 0) is 26.9 Å². The van der Waals surface area contributed by atoms with E-state index in [1.165, 1.54) is 20.8 Å². The minimum Gasteiger partial charge on any atom is -0.386 e. The van der Waals surface area contributed by atoms with Crippen LogP contribution in [0.1, 0.15) is 20.8 Å². The average Bonchev–Trinajstić information content (AvgIpc) is 2.40. The molecular formula is C12H12O6S3. The molecule has 1 aromatic carbocycles. The number of hydrogen-bond donors (Lipinski definition) is 0. The zero-order chi connectivity index (χ0) is 15.8. The summed E-state index contributed by atoms with van der Waals surface area (Å²) in [4.78, 5) is 34.3. The van der Waals surface area contributed by atoms with Crippen LogP contribution in [0.5, 0.6) is 0 Å².